The number of hydrogen-bond acceptors (Lipinski definition) is 4. The first-order valence-electron chi connectivity index (χ1n) is 9.00. The number of anilines is 1. The van der Waals surface area contributed by atoms with Crippen molar-refractivity contribution in [3.63, 3.8) is 0 Å². The van der Waals surface area contributed by atoms with Crippen LogP contribution in [0.1, 0.15) is 28.4 Å². The fourth-order valence-electron chi connectivity index (χ4n) is 3.10. The Hall–Kier alpha value is -2.09. The topological polar surface area (TPSA) is 78.5 Å². The van der Waals surface area contributed by atoms with Gasteiger partial charge in [0.25, 0.3) is 15.9 Å². The second-order valence-electron chi connectivity index (χ2n) is 6.98. The summed E-state index contributed by atoms with van der Waals surface area (Å²) < 4.78 is 27.8. The maximum Gasteiger partial charge on any atom is 0.261 e. The highest BCUT2D eigenvalue weighted by molar-refractivity contribution is 7.92. The van der Waals surface area contributed by atoms with E-state index in [2.05, 4.69) is 10.0 Å². The van der Waals surface area contributed by atoms with E-state index in [1.54, 1.807) is 24.3 Å². The lowest BCUT2D eigenvalue weighted by Gasteiger charge is -2.34. The minimum absolute atomic E-state index is 0. The number of hydrogen-bond donors (Lipinski definition) is 2. The van der Waals surface area contributed by atoms with Crippen LogP contribution in [0.3, 0.4) is 0 Å². The van der Waals surface area contributed by atoms with E-state index in [1.165, 1.54) is 12.1 Å². The van der Waals surface area contributed by atoms with Crippen LogP contribution in [0.5, 0.6) is 0 Å². The van der Waals surface area contributed by atoms with Gasteiger partial charge >= 0.3 is 0 Å². The molecule has 0 unspecified atom stereocenters. The summed E-state index contributed by atoms with van der Waals surface area (Å²) in [7, 11) is -3.71. The number of rotatable bonds is 4. The van der Waals surface area contributed by atoms with Crippen molar-refractivity contribution >= 4 is 34.0 Å². The van der Waals surface area contributed by atoms with Gasteiger partial charge in [-0.25, -0.2) is 8.42 Å². The number of piperazine rings is 1. The van der Waals surface area contributed by atoms with Crippen molar-refractivity contribution in [2.45, 2.75) is 31.7 Å². The molecule has 8 heteroatoms. The third-order valence-corrected chi connectivity index (χ3v) is 6.33. The van der Waals surface area contributed by atoms with Crippen LogP contribution < -0.4 is 10.0 Å². The van der Waals surface area contributed by atoms with Crippen LogP contribution in [0.4, 0.5) is 5.69 Å². The number of carbonyl (C=O) groups excluding carboxylic acids is 1. The Labute approximate surface area is 172 Å². The molecule has 1 saturated heterocycles. The summed E-state index contributed by atoms with van der Waals surface area (Å²) >= 11 is 0. The van der Waals surface area contributed by atoms with Gasteiger partial charge in [0.15, 0.2) is 0 Å². The van der Waals surface area contributed by atoms with Gasteiger partial charge in [-0.05, 0) is 68.3 Å². The van der Waals surface area contributed by atoms with E-state index < -0.39 is 10.0 Å². The third-order valence-electron chi connectivity index (χ3n) is 4.93. The fraction of sp³-hybridized carbons (Fsp3) is 0.350. The van der Waals surface area contributed by atoms with Crippen LogP contribution in [0.2, 0.25) is 0 Å². The van der Waals surface area contributed by atoms with Crippen molar-refractivity contribution in [2.24, 2.45) is 0 Å². The molecule has 0 aromatic heterocycles. The molecular weight excluding hydrogens is 398 g/mol. The van der Waals surface area contributed by atoms with E-state index in [0.717, 1.165) is 24.2 Å². The number of benzene rings is 2. The number of amides is 1. The maximum atomic E-state index is 12.7. The number of halogens is 1. The van der Waals surface area contributed by atoms with E-state index in [-0.39, 0.29) is 29.3 Å². The molecule has 1 heterocycles. The molecule has 6 nitrogen and oxygen atoms in total. The van der Waals surface area contributed by atoms with Gasteiger partial charge in [-0.1, -0.05) is 6.07 Å². The predicted molar refractivity (Wildman–Crippen MR) is 114 cm³/mol. The Morgan fingerprint density at radius 1 is 1.11 bits per heavy atom. The summed E-state index contributed by atoms with van der Waals surface area (Å²) in [4.78, 5) is 14.6. The standard InChI is InChI=1S/C20H25N3O3S.ClH/c1-14-4-7-18(12-15(14)2)22-27(25,26)19-8-5-17(6-9-19)20(24)23-11-10-21-13-16(23)3;/h4-9,12,16,21-22H,10-11,13H2,1-3H3;1H/t16-;/m0./s1. The number of nitrogens with one attached hydrogen (secondary N) is 2. The van der Waals surface area contributed by atoms with Crippen molar-refractivity contribution in [3.05, 3.63) is 59.2 Å². The van der Waals surface area contributed by atoms with Crippen LogP contribution in [0, 0.1) is 13.8 Å². The maximum absolute atomic E-state index is 12.7. The fourth-order valence-corrected chi connectivity index (χ4v) is 4.15. The summed E-state index contributed by atoms with van der Waals surface area (Å²) in [5.74, 6) is -0.0740. The average molecular weight is 424 g/mol. The van der Waals surface area contributed by atoms with Gasteiger partial charge in [0.2, 0.25) is 0 Å². The smallest absolute Gasteiger partial charge is 0.261 e. The van der Waals surface area contributed by atoms with E-state index in [9.17, 15) is 13.2 Å². The van der Waals surface area contributed by atoms with E-state index in [4.69, 9.17) is 0 Å². The average Bonchev–Trinajstić information content (AvgIpc) is 2.64. The van der Waals surface area contributed by atoms with Crippen molar-refractivity contribution < 1.29 is 13.2 Å². The van der Waals surface area contributed by atoms with Crippen LogP contribution in [0.25, 0.3) is 0 Å². The van der Waals surface area contributed by atoms with Crippen molar-refractivity contribution in [2.75, 3.05) is 24.4 Å². The number of carbonyl (C=O) groups is 1. The van der Waals surface area contributed by atoms with Crippen molar-refractivity contribution in [1.29, 1.82) is 0 Å². The monoisotopic (exact) mass is 423 g/mol. The van der Waals surface area contributed by atoms with Gasteiger partial charge in [0.1, 0.15) is 0 Å². The third kappa shape index (κ3) is 4.84. The van der Waals surface area contributed by atoms with Gasteiger partial charge in [0.05, 0.1) is 4.90 Å². The minimum atomic E-state index is -3.71. The normalized spacial score (nSPS) is 17.0. The summed E-state index contributed by atoms with van der Waals surface area (Å²) in [5, 5.41) is 3.25. The molecular formula is C20H26ClN3O3S. The second-order valence-corrected chi connectivity index (χ2v) is 8.66. The Morgan fingerprint density at radius 2 is 1.79 bits per heavy atom. The molecule has 0 radical (unpaired) electrons. The lowest BCUT2D eigenvalue weighted by Crippen LogP contribution is -2.52. The lowest BCUT2D eigenvalue weighted by molar-refractivity contribution is 0.0655. The zero-order valence-electron chi connectivity index (χ0n) is 16.2. The van der Waals surface area contributed by atoms with Crippen LogP contribution >= 0.6 is 12.4 Å². The van der Waals surface area contributed by atoms with Gasteiger partial charge < -0.3 is 10.2 Å². The van der Waals surface area contributed by atoms with E-state index >= 15 is 0 Å². The molecule has 2 aromatic carbocycles. The van der Waals surface area contributed by atoms with Crippen molar-refractivity contribution in [1.82, 2.24) is 10.2 Å². The molecule has 1 atom stereocenters. The van der Waals surface area contributed by atoms with Gasteiger partial charge in [0, 0.05) is 36.9 Å². The summed E-state index contributed by atoms with van der Waals surface area (Å²) in [5.41, 5.74) is 3.13. The molecule has 0 spiro atoms. The number of nitrogens with zero attached hydrogens (tertiary/aromatic N) is 1. The molecule has 0 aliphatic carbocycles. The minimum Gasteiger partial charge on any atom is -0.333 e. The zero-order chi connectivity index (χ0) is 19.6. The van der Waals surface area contributed by atoms with Crippen LogP contribution in [-0.4, -0.2) is 44.9 Å². The Bertz CT molecular complexity index is 946. The highest BCUT2D eigenvalue weighted by Crippen LogP contribution is 2.20. The van der Waals surface area contributed by atoms with Crippen molar-refractivity contribution in [3.8, 4) is 0 Å². The molecule has 28 heavy (non-hydrogen) atoms. The zero-order valence-corrected chi connectivity index (χ0v) is 17.9. The molecule has 0 bridgehead atoms. The van der Waals surface area contributed by atoms with Crippen LogP contribution in [-0.2, 0) is 10.0 Å². The molecule has 3 rings (SSSR count). The Balaban J connectivity index is 0.00000280. The molecule has 1 aliphatic rings. The SMILES string of the molecule is Cc1ccc(NS(=O)(=O)c2ccc(C(=O)N3CCNC[C@@H]3C)cc2)cc1C.Cl. The highest BCUT2D eigenvalue weighted by atomic mass is 35.5. The Morgan fingerprint density at radius 3 is 2.39 bits per heavy atom. The molecule has 152 valence electrons. The molecule has 1 amide bonds. The number of aryl methyl sites for hydroxylation is 2. The summed E-state index contributed by atoms with van der Waals surface area (Å²) in [6.45, 7) is 8.08. The first-order valence-corrected chi connectivity index (χ1v) is 10.5. The van der Waals surface area contributed by atoms with Crippen LogP contribution in [0.15, 0.2) is 47.4 Å². The van der Waals surface area contributed by atoms with E-state index in [1.807, 2.05) is 31.7 Å². The van der Waals surface area contributed by atoms with E-state index in [0.29, 0.717) is 17.8 Å². The summed E-state index contributed by atoms with van der Waals surface area (Å²) in [6.07, 6.45) is 0. The van der Waals surface area contributed by atoms with Gasteiger partial charge in [-0.3, -0.25) is 9.52 Å². The first-order chi connectivity index (χ1) is 12.8. The second kappa shape index (κ2) is 8.94. The molecule has 1 fully saturated rings. The molecule has 0 saturated carbocycles. The predicted octanol–water partition coefficient (Wildman–Crippen LogP) is 2.96. The first kappa shape index (κ1) is 22.2. The lowest BCUT2D eigenvalue weighted by atomic mass is 10.1. The number of sulfonamides is 1. The Kier molecular flexibility index (Phi) is 7.09. The highest BCUT2D eigenvalue weighted by Gasteiger charge is 2.24. The quantitative estimate of drug-likeness (QED) is 0.792. The van der Waals surface area contributed by atoms with Gasteiger partial charge in [-0.2, -0.15) is 0 Å². The summed E-state index contributed by atoms with van der Waals surface area (Å²) in [6, 6.07) is 11.6. The van der Waals surface area contributed by atoms with Gasteiger partial charge in [-0.15, -0.1) is 12.4 Å². The molecule has 2 N–H and O–H groups in total. The molecule has 2 aromatic rings. The largest absolute Gasteiger partial charge is 0.333 e. The molecule has 1 aliphatic heterocycles.